The molecule has 8 nitrogen and oxygen atoms in total. The lowest BCUT2D eigenvalue weighted by molar-refractivity contribution is -0.146. The number of hydrogen-bond acceptors (Lipinski definition) is 4. The molecule has 0 aromatic carbocycles. The topological polar surface area (TPSA) is 109 Å². The van der Waals surface area contributed by atoms with Crippen LogP contribution < -0.4 is 10.6 Å². The summed E-state index contributed by atoms with van der Waals surface area (Å²) in [6, 6.07) is -0.392. The maximum Gasteiger partial charge on any atom is 0.314 e. The van der Waals surface area contributed by atoms with Gasteiger partial charge < -0.3 is 20.3 Å². The van der Waals surface area contributed by atoms with E-state index in [1.165, 1.54) is 0 Å². The summed E-state index contributed by atoms with van der Waals surface area (Å²) in [4.78, 5) is 22.3. The number of nitrogens with one attached hydrogen (secondary N) is 2. The normalized spacial score (nSPS) is 11.1. The number of aliphatic carboxylic acids is 1. The van der Waals surface area contributed by atoms with E-state index in [2.05, 4.69) is 20.8 Å². The predicted molar refractivity (Wildman–Crippen MR) is 67.5 cm³/mol. The maximum absolute atomic E-state index is 11.5. The first-order valence-electron chi connectivity index (χ1n) is 5.91. The van der Waals surface area contributed by atoms with Crippen LogP contribution >= 0.6 is 0 Å². The molecule has 1 aromatic heterocycles. The van der Waals surface area contributed by atoms with Crippen LogP contribution in [0.2, 0.25) is 0 Å². The van der Waals surface area contributed by atoms with Crippen molar-refractivity contribution < 1.29 is 14.7 Å². The quantitative estimate of drug-likeness (QED) is 0.660. The Morgan fingerprint density at radius 2 is 2.11 bits per heavy atom. The molecule has 0 unspecified atom stereocenters. The molecule has 0 saturated heterocycles. The average molecular weight is 269 g/mol. The van der Waals surface area contributed by atoms with Gasteiger partial charge in [-0.1, -0.05) is 0 Å². The van der Waals surface area contributed by atoms with Gasteiger partial charge >= 0.3 is 12.0 Å². The largest absolute Gasteiger partial charge is 0.481 e. The SMILES string of the molecule is Cn1cnnc1CCNC(=O)NCC(C)(C)C(=O)O. The van der Waals surface area contributed by atoms with E-state index in [0.717, 1.165) is 5.82 Å². The highest BCUT2D eigenvalue weighted by Gasteiger charge is 2.27. The minimum Gasteiger partial charge on any atom is -0.481 e. The smallest absolute Gasteiger partial charge is 0.314 e. The second-order valence-electron chi connectivity index (χ2n) is 4.91. The molecule has 1 heterocycles. The zero-order chi connectivity index (χ0) is 14.5. The van der Waals surface area contributed by atoms with Crippen molar-refractivity contribution in [2.45, 2.75) is 20.3 Å². The summed E-state index contributed by atoms with van der Waals surface area (Å²) in [6.45, 7) is 3.58. The predicted octanol–water partition coefficient (Wildman–Crippen LogP) is -0.232. The number of amides is 2. The van der Waals surface area contributed by atoms with Crippen LogP contribution in [0.4, 0.5) is 4.79 Å². The van der Waals surface area contributed by atoms with Crippen LogP contribution in [0.15, 0.2) is 6.33 Å². The summed E-state index contributed by atoms with van der Waals surface area (Å²) in [5.41, 5.74) is -0.985. The van der Waals surface area contributed by atoms with E-state index < -0.39 is 17.4 Å². The molecule has 0 fully saturated rings. The first-order chi connectivity index (χ1) is 8.83. The fraction of sp³-hybridized carbons (Fsp3) is 0.636. The van der Waals surface area contributed by atoms with Crippen LogP contribution in [0.25, 0.3) is 0 Å². The Hall–Kier alpha value is -2.12. The number of carboxylic acids is 1. The molecule has 3 N–H and O–H groups in total. The van der Waals surface area contributed by atoms with E-state index in [0.29, 0.717) is 13.0 Å². The van der Waals surface area contributed by atoms with E-state index >= 15 is 0 Å². The summed E-state index contributed by atoms with van der Waals surface area (Å²) in [6.07, 6.45) is 2.15. The zero-order valence-electron chi connectivity index (χ0n) is 11.3. The third-order valence-electron chi connectivity index (χ3n) is 2.71. The number of urea groups is 1. The number of carbonyl (C=O) groups is 2. The summed E-state index contributed by atoms with van der Waals surface area (Å²) in [7, 11) is 1.82. The van der Waals surface area contributed by atoms with Gasteiger partial charge in [-0.05, 0) is 13.8 Å². The van der Waals surface area contributed by atoms with Crippen molar-refractivity contribution in [3.05, 3.63) is 12.2 Å². The minimum absolute atomic E-state index is 0.0676. The van der Waals surface area contributed by atoms with Crippen molar-refractivity contribution in [2.75, 3.05) is 13.1 Å². The molecule has 0 radical (unpaired) electrons. The van der Waals surface area contributed by atoms with Gasteiger partial charge in [-0.2, -0.15) is 0 Å². The van der Waals surface area contributed by atoms with Crippen LogP contribution in [0, 0.1) is 5.41 Å². The molecular weight excluding hydrogens is 250 g/mol. The lowest BCUT2D eigenvalue weighted by Gasteiger charge is -2.19. The van der Waals surface area contributed by atoms with Crippen molar-refractivity contribution >= 4 is 12.0 Å². The van der Waals surface area contributed by atoms with Crippen LogP contribution in [0.3, 0.4) is 0 Å². The molecule has 0 aliphatic carbocycles. The van der Waals surface area contributed by atoms with Crippen LogP contribution in [-0.4, -0.2) is 45.0 Å². The van der Waals surface area contributed by atoms with Gasteiger partial charge in [0.1, 0.15) is 12.2 Å². The molecule has 1 rings (SSSR count). The van der Waals surface area contributed by atoms with E-state index in [4.69, 9.17) is 5.11 Å². The molecule has 19 heavy (non-hydrogen) atoms. The number of aromatic nitrogens is 3. The van der Waals surface area contributed by atoms with Gasteiger partial charge in [-0.3, -0.25) is 4.79 Å². The van der Waals surface area contributed by atoms with E-state index in [1.807, 2.05) is 7.05 Å². The van der Waals surface area contributed by atoms with Crippen LogP contribution in [-0.2, 0) is 18.3 Å². The molecule has 0 saturated carbocycles. The van der Waals surface area contributed by atoms with Crippen molar-refractivity contribution in [1.29, 1.82) is 0 Å². The number of carboxylic acid groups (broad SMARTS) is 1. The highest BCUT2D eigenvalue weighted by molar-refractivity contribution is 5.77. The lowest BCUT2D eigenvalue weighted by atomic mass is 9.94. The Morgan fingerprint density at radius 3 is 2.63 bits per heavy atom. The summed E-state index contributed by atoms with van der Waals surface area (Å²) >= 11 is 0. The van der Waals surface area contributed by atoms with Gasteiger partial charge in [0.05, 0.1) is 5.41 Å². The molecule has 8 heteroatoms. The molecule has 0 bridgehead atoms. The van der Waals surface area contributed by atoms with E-state index in [-0.39, 0.29) is 6.54 Å². The second kappa shape index (κ2) is 6.17. The van der Waals surface area contributed by atoms with Gasteiger partial charge in [0.15, 0.2) is 0 Å². The van der Waals surface area contributed by atoms with E-state index in [1.54, 1.807) is 24.7 Å². The van der Waals surface area contributed by atoms with Crippen molar-refractivity contribution in [3.8, 4) is 0 Å². The summed E-state index contributed by atoms with van der Waals surface area (Å²) < 4.78 is 1.77. The first kappa shape index (κ1) is 14.9. The Labute approximate surface area is 111 Å². The molecule has 0 atom stereocenters. The first-order valence-corrected chi connectivity index (χ1v) is 5.91. The fourth-order valence-corrected chi connectivity index (χ4v) is 1.26. The standard InChI is InChI=1S/C11H19N5O3/c1-11(2,9(17)18)6-13-10(19)12-5-4-8-15-14-7-16(8)3/h7H,4-6H2,1-3H3,(H,17,18)(H2,12,13,19). The third kappa shape index (κ3) is 4.57. The van der Waals surface area contributed by atoms with E-state index in [9.17, 15) is 9.59 Å². The monoisotopic (exact) mass is 269 g/mol. The Kier molecular flexibility index (Phi) is 4.85. The van der Waals surface area contributed by atoms with Gasteiger partial charge in [0.25, 0.3) is 0 Å². The van der Waals surface area contributed by atoms with Gasteiger partial charge in [0, 0.05) is 26.6 Å². The molecular formula is C11H19N5O3. The van der Waals surface area contributed by atoms with Crippen molar-refractivity contribution in [2.24, 2.45) is 12.5 Å². The Morgan fingerprint density at radius 1 is 1.42 bits per heavy atom. The van der Waals surface area contributed by atoms with Gasteiger partial charge in [-0.25, -0.2) is 4.79 Å². The molecule has 0 aliphatic heterocycles. The van der Waals surface area contributed by atoms with Gasteiger partial charge in [-0.15, -0.1) is 10.2 Å². The lowest BCUT2D eigenvalue weighted by Crippen LogP contribution is -2.44. The molecule has 106 valence electrons. The molecule has 2 amide bonds. The number of nitrogens with zero attached hydrogens (tertiary/aromatic N) is 3. The molecule has 1 aromatic rings. The minimum atomic E-state index is -0.985. The molecule has 0 spiro atoms. The maximum atomic E-state index is 11.5. The van der Waals surface area contributed by atoms with Crippen LogP contribution in [0.5, 0.6) is 0 Å². The fourth-order valence-electron chi connectivity index (χ4n) is 1.26. The zero-order valence-corrected chi connectivity index (χ0v) is 11.3. The highest BCUT2D eigenvalue weighted by Crippen LogP contribution is 2.12. The Bertz CT molecular complexity index is 455. The number of carbonyl (C=O) groups excluding carboxylic acids is 1. The third-order valence-corrected chi connectivity index (χ3v) is 2.71. The van der Waals surface area contributed by atoms with Crippen LogP contribution in [0.1, 0.15) is 19.7 Å². The van der Waals surface area contributed by atoms with Gasteiger partial charge in [0.2, 0.25) is 0 Å². The highest BCUT2D eigenvalue weighted by atomic mass is 16.4. The average Bonchev–Trinajstić information content (AvgIpc) is 2.72. The van der Waals surface area contributed by atoms with Crippen molar-refractivity contribution in [3.63, 3.8) is 0 Å². The summed E-state index contributed by atoms with van der Waals surface area (Å²) in [5.74, 6) is -0.182. The van der Waals surface area contributed by atoms with Crippen molar-refractivity contribution in [1.82, 2.24) is 25.4 Å². The number of aryl methyl sites for hydroxylation is 1. The Balaban J connectivity index is 2.26. The second-order valence-corrected chi connectivity index (χ2v) is 4.91. The number of rotatable bonds is 6. The molecule has 0 aliphatic rings. The summed E-state index contributed by atoms with van der Waals surface area (Å²) in [5, 5.41) is 21.7. The number of hydrogen-bond donors (Lipinski definition) is 3.